The molecule has 2 rings (SSSR count). The molecule has 1 amide bonds. The third kappa shape index (κ3) is 3.50. The minimum atomic E-state index is -0.0371. The Morgan fingerprint density at radius 2 is 2.22 bits per heavy atom. The molecule has 0 fully saturated rings. The lowest BCUT2D eigenvalue weighted by Crippen LogP contribution is -2.12. The van der Waals surface area contributed by atoms with Gasteiger partial charge in [0.1, 0.15) is 5.75 Å². The fourth-order valence-corrected chi connectivity index (χ4v) is 2.24. The molecule has 1 aliphatic rings. The maximum Gasteiger partial charge on any atom is 0.228 e. The number of phenols is 1. The van der Waals surface area contributed by atoms with Crippen molar-refractivity contribution < 1.29 is 9.90 Å². The summed E-state index contributed by atoms with van der Waals surface area (Å²) in [5, 5.41) is 12.3. The number of aromatic hydroxyl groups is 1. The van der Waals surface area contributed by atoms with Crippen LogP contribution in [0.5, 0.6) is 5.75 Å². The van der Waals surface area contributed by atoms with Crippen LogP contribution in [0.3, 0.4) is 0 Å². The number of halogens is 1. The molecule has 0 bridgehead atoms. The Kier molecular flexibility index (Phi) is 4.26. The molecular formula is C14H16ClNO2. The Hall–Kier alpha value is -1.48. The second-order valence-corrected chi connectivity index (χ2v) is 4.91. The third-order valence-corrected chi connectivity index (χ3v) is 3.31. The highest BCUT2D eigenvalue weighted by Gasteiger charge is 2.10. The molecule has 4 heteroatoms. The smallest absolute Gasteiger partial charge is 0.228 e. The number of phenolic OH excluding ortho intramolecular Hbond substituents is 1. The van der Waals surface area contributed by atoms with Crippen LogP contribution in [0.25, 0.3) is 0 Å². The molecule has 3 nitrogen and oxygen atoms in total. The molecule has 0 spiro atoms. The molecule has 96 valence electrons. The van der Waals surface area contributed by atoms with E-state index in [4.69, 9.17) is 11.6 Å². The van der Waals surface area contributed by atoms with Crippen molar-refractivity contribution in [2.45, 2.75) is 32.1 Å². The number of carbonyl (C=O) groups excluding carboxylic acids is 1. The summed E-state index contributed by atoms with van der Waals surface area (Å²) in [6.07, 6.45) is 7.09. The maximum absolute atomic E-state index is 11.8. The van der Waals surface area contributed by atoms with Crippen LogP contribution in [0.2, 0.25) is 5.02 Å². The van der Waals surface area contributed by atoms with Crippen LogP contribution in [-0.4, -0.2) is 11.0 Å². The first-order valence-electron chi connectivity index (χ1n) is 6.11. The molecule has 0 aliphatic heterocycles. The average Bonchev–Trinajstić information content (AvgIpc) is 2.35. The first kappa shape index (κ1) is 13.0. The van der Waals surface area contributed by atoms with Crippen molar-refractivity contribution >= 4 is 23.2 Å². The molecule has 0 saturated carbocycles. The summed E-state index contributed by atoms with van der Waals surface area (Å²) in [5.74, 6) is -0.0189. The van der Waals surface area contributed by atoms with Crippen molar-refractivity contribution in [1.29, 1.82) is 0 Å². The van der Waals surface area contributed by atoms with E-state index in [0.29, 0.717) is 12.1 Å². The van der Waals surface area contributed by atoms with Crippen LogP contribution in [0.4, 0.5) is 5.69 Å². The largest absolute Gasteiger partial charge is 0.506 e. The number of carbonyl (C=O) groups is 1. The Morgan fingerprint density at radius 1 is 1.39 bits per heavy atom. The van der Waals surface area contributed by atoms with Gasteiger partial charge in [-0.1, -0.05) is 23.3 Å². The maximum atomic E-state index is 11.8. The van der Waals surface area contributed by atoms with Gasteiger partial charge in [-0.3, -0.25) is 4.79 Å². The summed E-state index contributed by atoms with van der Waals surface area (Å²) >= 11 is 5.78. The third-order valence-electron chi connectivity index (χ3n) is 3.00. The number of rotatable bonds is 3. The molecule has 2 N–H and O–H groups in total. The highest BCUT2D eigenvalue weighted by Crippen LogP contribution is 2.26. The van der Waals surface area contributed by atoms with E-state index in [1.54, 1.807) is 12.1 Å². The zero-order valence-electron chi connectivity index (χ0n) is 10.1. The standard InChI is InChI=1S/C14H16ClNO2/c15-12-9-11(6-7-13(12)17)16-14(18)8-10-4-2-1-3-5-10/h4,6-7,9,17H,1-3,5,8H2,(H,16,18). The molecule has 18 heavy (non-hydrogen) atoms. The van der Waals surface area contributed by atoms with Gasteiger partial charge in [0.15, 0.2) is 0 Å². The lowest BCUT2D eigenvalue weighted by Gasteiger charge is -2.12. The number of allylic oxidation sites excluding steroid dienone is 1. The molecule has 0 radical (unpaired) electrons. The minimum Gasteiger partial charge on any atom is -0.506 e. The predicted molar refractivity (Wildman–Crippen MR) is 72.9 cm³/mol. The topological polar surface area (TPSA) is 49.3 Å². The predicted octanol–water partition coefficient (Wildman–Crippen LogP) is 3.87. The van der Waals surface area contributed by atoms with Crippen LogP contribution in [-0.2, 0) is 4.79 Å². The zero-order valence-corrected chi connectivity index (χ0v) is 10.8. The fourth-order valence-electron chi connectivity index (χ4n) is 2.06. The van der Waals surface area contributed by atoms with Crippen molar-refractivity contribution in [2.24, 2.45) is 0 Å². The molecule has 0 unspecified atom stereocenters. The van der Waals surface area contributed by atoms with Crippen LogP contribution < -0.4 is 5.32 Å². The van der Waals surface area contributed by atoms with E-state index >= 15 is 0 Å². The number of hydrogen-bond acceptors (Lipinski definition) is 2. The van der Waals surface area contributed by atoms with E-state index < -0.39 is 0 Å². The number of anilines is 1. The van der Waals surface area contributed by atoms with E-state index in [0.717, 1.165) is 12.8 Å². The van der Waals surface area contributed by atoms with Crippen molar-refractivity contribution in [2.75, 3.05) is 5.32 Å². The van der Waals surface area contributed by atoms with E-state index in [2.05, 4.69) is 11.4 Å². The van der Waals surface area contributed by atoms with E-state index in [-0.39, 0.29) is 16.7 Å². The Morgan fingerprint density at radius 3 is 2.89 bits per heavy atom. The average molecular weight is 266 g/mol. The Bertz CT molecular complexity index is 483. The highest BCUT2D eigenvalue weighted by molar-refractivity contribution is 6.32. The van der Waals surface area contributed by atoms with Crippen LogP contribution >= 0.6 is 11.6 Å². The van der Waals surface area contributed by atoms with E-state index in [9.17, 15) is 9.90 Å². The van der Waals surface area contributed by atoms with Gasteiger partial charge in [-0.05, 0) is 43.9 Å². The quantitative estimate of drug-likeness (QED) is 0.644. The van der Waals surface area contributed by atoms with Gasteiger partial charge in [0, 0.05) is 12.1 Å². The number of benzene rings is 1. The van der Waals surface area contributed by atoms with Gasteiger partial charge in [-0.15, -0.1) is 0 Å². The molecule has 1 aromatic carbocycles. The van der Waals surface area contributed by atoms with Crippen molar-refractivity contribution in [3.05, 3.63) is 34.9 Å². The lowest BCUT2D eigenvalue weighted by atomic mass is 9.97. The number of hydrogen-bond donors (Lipinski definition) is 2. The molecule has 0 aromatic heterocycles. The monoisotopic (exact) mass is 265 g/mol. The first-order chi connectivity index (χ1) is 8.65. The van der Waals surface area contributed by atoms with Gasteiger partial charge < -0.3 is 10.4 Å². The summed E-state index contributed by atoms with van der Waals surface area (Å²) in [6.45, 7) is 0. The summed E-state index contributed by atoms with van der Waals surface area (Å²) in [5.41, 5.74) is 1.82. The SMILES string of the molecule is O=C(CC1=CCCCC1)Nc1ccc(O)c(Cl)c1. The molecular weight excluding hydrogens is 250 g/mol. The normalized spacial score (nSPS) is 15.1. The van der Waals surface area contributed by atoms with Crippen LogP contribution in [0.15, 0.2) is 29.8 Å². The molecule has 1 aromatic rings. The van der Waals surface area contributed by atoms with Gasteiger partial charge in [-0.2, -0.15) is 0 Å². The first-order valence-corrected chi connectivity index (χ1v) is 6.49. The Balaban J connectivity index is 1.94. The summed E-state index contributed by atoms with van der Waals surface area (Å²) in [4.78, 5) is 11.8. The highest BCUT2D eigenvalue weighted by atomic mass is 35.5. The molecule has 0 atom stereocenters. The zero-order chi connectivity index (χ0) is 13.0. The fraction of sp³-hybridized carbons (Fsp3) is 0.357. The lowest BCUT2D eigenvalue weighted by molar-refractivity contribution is -0.115. The minimum absolute atomic E-state index is 0.0182. The van der Waals surface area contributed by atoms with Crippen molar-refractivity contribution in [1.82, 2.24) is 0 Å². The van der Waals surface area contributed by atoms with Crippen LogP contribution in [0, 0.1) is 0 Å². The molecule has 1 aliphatic carbocycles. The van der Waals surface area contributed by atoms with Crippen molar-refractivity contribution in [3.63, 3.8) is 0 Å². The van der Waals surface area contributed by atoms with Gasteiger partial charge in [-0.25, -0.2) is 0 Å². The van der Waals surface area contributed by atoms with Crippen molar-refractivity contribution in [3.8, 4) is 5.75 Å². The second-order valence-electron chi connectivity index (χ2n) is 4.50. The van der Waals surface area contributed by atoms with Crippen LogP contribution in [0.1, 0.15) is 32.1 Å². The number of nitrogens with one attached hydrogen (secondary N) is 1. The summed E-state index contributed by atoms with van der Waals surface area (Å²) in [7, 11) is 0. The molecule has 0 saturated heterocycles. The summed E-state index contributed by atoms with van der Waals surface area (Å²) in [6, 6.07) is 4.65. The molecule has 0 heterocycles. The number of amides is 1. The van der Waals surface area contributed by atoms with Gasteiger partial charge in [0.05, 0.1) is 5.02 Å². The summed E-state index contributed by atoms with van der Waals surface area (Å²) < 4.78 is 0. The Labute approximate surface area is 111 Å². The van der Waals surface area contributed by atoms with E-state index in [1.165, 1.54) is 24.5 Å². The van der Waals surface area contributed by atoms with Gasteiger partial charge >= 0.3 is 0 Å². The van der Waals surface area contributed by atoms with Gasteiger partial charge in [0.2, 0.25) is 5.91 Å². The van der Waals surface area contributed by atoms with Gasteiger partial charge in [0.25, 0.3) is 0 Å². The second kappa shape index (κ2) is 5.91. The van der Waals surface area contributed by atoms with E-state index in [1.807, 2.05) is 0 Å².